The maximum absolute atomic E-state index is 13.0. The largest absolute Gasteiger partial charge is 0.304 e. The molecule has 4 heteroatoms. The van der Waals surface area contributed by atoms with E-state index < -0.39 is 0 Å². The Morgan fingerprint density at radius 1 is 1.54 bits per heavy atom. The van der Waals surface area contributed by atoms with Crippen molar-refractivity contribution in [2.45, 2.75) is 13.3 Å². The van der Waals surface area contributed by atoms with Crippen LogP contribution in [0.2, 0.25) is 0 Å². The smallest absolute Gasteiger partial charge is 0.137 e. The Morgan fingerprint density at radius 3 is 2.85 bits per heavy atom. The first-order valence-corrected chi connectivity index (χ1v) is 4.70. The molecule has 0 saturated carbocycles. The van der Waals surface area contributed by atoms with Crippen LogP contribution >= 0.6 is 15.9 Å². The monoisotopic (exact) mass is 247 g/mol. The molecule has 0 heterocycles. The normalized spacial score (nSPS) is 10.5. The van der Waals surface area contributed by atoms with Gasteiger partial charge >= 0.3 is 0 Å². The first-order valence-electron chi connectivity index (χ1n) is 3.91. The SMILES string of the molecule is Cc1cc(F)c(Br)cc1CCON. The molecule has 2 nitrogen and oxygen atoms in total. The maximum Gasteiger partial charge on any atom is 0.137 e. The summed E-state index contributed by atoms with van der Waals surface area (Å²) in [5, 5.41) is 0. The van der Waals surface area contributed by atoms with E-state index in [0.29, 0.717) is 17.5 Å². The fraction of sp³-hybridized carbons (Fsp3) is 0.333. The molecular weight excluding hydrogens is 237 g/mol. The Balaban J connectivity index is 2.88. The van der Waals surface area contributed by atoms with Crippen molar-refractivity contribution in [2.24, 2.45) is 5.90 Å². The minimum Gasteiger partial charge on any atom is -0.304 e. The second kappa shape index (κ2) is 4.69. The summed E-state index contributed by atoms with van der Waals surface area (Å²) in [4.78, 5) is 4.46. The third-order valence-corrected chi connectivity index (χ3v) is 2.48. The van der Waals surface area contributed by atoms with Gasteiger partial charge in [-0.05, 0) is 52.5 Å². The average Bonchev–Trinajstić information content (AvgIpc) is 2.09. The highest BCUT2D eigenvalue weighted by molar-refractivity contribution is 9.10. The summed E-state index contributed by atoms with van der Waals surface area (Å²) in [6.07, 6.45) is 0.696. The quantitative estimate of drug-likeness (QED) is 0.833. The van der Waals surface area contributed by atoms with Crippen molar-refractivity contribution in [3.05, 3.63) is 33.5 Å². The van der Waals surface area contributed by atoms with Crippen molar-refractivity contribution < 1.29 is 9.23 Å². The van der Waals surface area contributed by atoms with E-state index in [1.54, 1.807) is 6.07 Å². The van der Waals surface area contributed by atoms with Crippen molar-refractivity contribution in [1.82, 2.24) is 0 Å². The molecule has 0 spiro atoms. The molecule has 1 aromatic carbocycles. The van der Waals surface area contributed by atoms with Crippen LogP contribution in [0.5, 0.6) is 0 Å². The van der Waals surface area contributed by atoms with E-state index in [4.69, 9.17) is 5.90 Å². The molecule has 13 heavy (non-hydrogen) atoms. The van der Waals surface area contributed by atoms with Crippen LogP contribution in [-0.2, 0) is 11.3 Å². The molecular formula is C9H11BrFNO. The number of rotatable bonds is 3. The summed E-state index contributed by atoms with van der Waals surface area (Å²) in [5.74, 6) is 4.67. The first-order chi connectivity index (χ1) is 6.15. The van der Waals surface area contributed by atoms with Gasteiger partial charge in [-0.2, -0.15) is 0 Å². The summed E-state index contributed by atoms with van der Waals surface area (Å²) in [6.45, 7) is 2.31. The summed E-state index contributed by atoms with van der Waals surface area (Å²) in [6, 6.07) is 3.25. The summed E-state index contributed by atoms with van der Waals surface area (Å²) in [7, 11) is 0. The Labute approximate surface area is 85.0 Å². The second-order valence-corrected chi connectivity index (χ2v) is 3.67. The van der Waals surface area contributed by atoms with E-state index >= 15 is 0 Å². The third-order valence-electron chi connectivity index (χ3n) is 1.87. The molecule has 0 aliphatic heterocycles. The molecule has 1 aromatic rings. The standard InChI is InChI=1S/C9H11BrFNO/c1-6-4-9(11)8(10)5-7(6)2-3-13-12/h4-5H,2-3,12H2,1H3. The van der Waals surface area contributed by atoms with E-state index in [0.717, 1.165) is 11.1 Å². The van der Waals surface area contributed by atoms with E-state index in [9.17, 15) is 4.39 Å². The van der Waals surface area contributed by atoms with E-state index in [1.807, 2.05) is 6.92 Å². The Kier molecular flexibility index (Phi) is 3.84. The van der Waals surface area contributed by atoms with Crippen LogP contribution in [0.3, 0.4) is 0 Å². The zero-order valence-corrected chi connectivity index (χ0v) is 8.90. The molecule has 0 atom stereocenters. The van der Waals surface area contributed by atoms with E-state index in [1.165, 1.54) is 6.07 Å². The number of aryl methyl sites for hydroxylation is 1. The number of hydrogen-bond acceptors (Lipinski definition) is 2. The highest BCUT2D eigenvalue weighted by atomic mass is 79.9. The van der Waals surface area contributed by atoms with Crippen LogP contribution in [0.4, 0.5) is 4.39 Å². The summed E-state index contributed by atoms with van der Waals surface area (Å²) < 4.78 is 13.5. The van der Waals surface area contributed by atoms with Gasteiger partial charge in [-0.15, -0.1) is 0 Å². The fourth-order valence-electron chi connectivity index (χ4n) is 1.13. The molecule has 0 amide bonds. The Bertz CT molecular complexity index is 304. The van der Waals surface area contributed by atoms with Gasteiger partial charge in [0.05, 0.1) is 11.1 Å². The summed E-state index contributed by atoms with van der Waals surface area (Å²) in [5.41, 5.74) is 1.96. The van der Waals surface area contributed by atoms with Crippen molar-refractivity contribution in [3.63, 3.8) is 0 Å². The van der Waals surface area contributed by atoms with Crippen LogP contribution in [0.1, 0.15) is 11.1 Å². The zero-order chi connectivity index (χ0) is 9.84. The van der Waals surface area contributed by atoms with Gasteiger partial charge in [0, 0.05) is 0 Å². The van der Waals surface area contributed by atoms with Gasteiger partial charge in [-0.3, -0.25) is 0 Å². The molecule has 0 bridgehead atoms. The van der Waals surface area contributed by atoms with Crippen LogP contribution in [0.25, 0.3) is 0 Å². The number of nitrogens with two attached hydrogens (primary N) is 1. The molecule has 0 aliphatic rings. The molecule has 0 saturated heterocycles. The van der Waals surface area contributed by atoms with Gasteiger partial charge in [-0.25, -0.2) is 10.3 Å². The molecule has 0 aromatic heterocycles. The van der Waals surface area contributed by atoms with Gasteiger partial charge in [0.1, 0.15) is 5.82 Å². The van der Waals surface area contributed by atoms with Crippen molar-refractivity contribution in [2.75, 3.05) is 6.61 Å². The van der Waals surface area contributed by atoms with E-state index in [-0.39, 0.29) is 5.82 Å². The van der Waals surface area contributed by atoms with Crippen LogP contribution in [-0.4, -0.2) is 6.61 Å². The van der Waals surface area contributed by atoms with Crippen molar-refractivity contribution in [3.8, 4) is 0 Å². The lowest BCUT2D eigenvalue weighted by atomic mass is 10.1. The molecule has 2 N–H and O–H groups in total. The predicted octanol–water partition coefficient (Wildman–Crippen LogP) is 2.33. The number of hydrogen-bond donors (Lipinski definition) is 1. The number of halogens is 2. The average molecular weight is 248 g/mol. The maximum atomic E-state index is 13.0. The second-order valence-electron chi connectivity index (χ2n) is 2.81. The molecule has 0 aliphatic carbocycles. The van der Waals surface area contributed by atoms with Crippen LogP contribution < -0.4 is 5.90 Å². The van der Waals surface area contributed by atoms with Gasteiger partial charge < -0.3 is 4.84 Å². The lowest BCUT2D eigenvalue weighted by Gasteiger charge is -2.06. The Morgan fingerprint density at radius 2 is 2.23 bits per heavy atom. The minimum absolute atomic E-state index is 0.241. The molecule has 1 rings (SSSR count). The van der Waals surface area contributed by atoms with Gasteiger partial charge in [0.25, 0.3) is 0 Å². The molecule has 0 fully saturated rings. The first kappa shape index (κ1) is 10.6. The zero-order valence-electron chi connectivity index (χ0n) is 7.31. The lowest BCUT2D eigenvalue weighted by Crippen LogP contribution is -2.05. The highest BCUT2D eigenvalue weighted by Gasteiger charge is 2.04. The summed E-state index contributed by atoms with van der Waals surface area (Å²) >= 11 is 3.13. The highest BCUT2D eigenvalue weighted by Crippen LogP contribution is 2.20. The number of benzene rings is 1. The Hall–Kier alpha value is -0.450. The topological polar surface area (TPSA) is 35.2 Å². The molecule has 72 valence electrons. The molecule has 0 unspecified atom stereocenters. The van der Waals surface area contributed by atoms with Gasteiger partial charge in [0.2, 0.25) is 0 Å². The minimum atomic E-state index is -0.241. The van der Waals surface area contributed by atoms with Crippen molar-refractivity contribution in [1.29, 1.82) is 0 Å². The van der Waals surface area contributed by atoms with Crippen molar-refractivity contribution >= 4 is 15.9 Å². The lowest BCUT2D eigenvalue weighted by molar-refractivity contribution is 0.141. The van der Waals surface area contributed by atoms with Crippen LogP contribution in [0.15, 0.2) is 16.6 Å². The van der Waals surface area contributed by atoms with E-state index in [2.05, 4.69) is 20.8 Å². The fourth-order valence-corrected chi connectivity index (χ4v) is 1.52. The third kappa shape index (κ3) is 2.76. The predicted molar refractivity (Wildman–Crippen MR) is 52.7 cm³/mol. The van der Waals surface area contributed by atoms with Crippen LogP contribution in [0, 0.1) is 12.7 Å². The van der Waals surface area contributed by atoms with Gasteiger partial charge in [0.15, 0.2) is 0 Å². The van der Waals surface area contributed by atoms with Gasteiger partial charge in [-0.1, -0.05) is 0 Å². The molecule has 0 radical (unpaired) electrons.